The summed E-state index contributed by atoms with van der Waals surface area (Å²) in [5.74, 6) is 2.21. The topological polar surface area (TPSA) is 24.5 Å². The van der Waals surface area contributed by atoms with E-state index in [-0.39, 0.29) is 0 Å². The number of benzene rings is 1. The highest BCUT2D eigenvalue weighted by Crippen LogP contribution is 2.31. The van der Waals surface area contributed by atoms with E-state index in [1.807, 2.05) is 11.8 Å². The quantitative estimate of drug-likeness (QED) is 0.869. The van der Waals surface area contributed by atoms with Crippen LogP contribution in [0.2, 0.25) is 0 Å². The summed E-state index contributed by atoms with van der Waals surface area (Å²) in [7, 11) is 2.16. The predicted molar refractivity (Wildman–Crippen MR) is 75.1 cm³/mol. The minimum atomic E-state index is 0.762. The van der Waals surface area contributed by atoms with E-state index in [4.69, 9.17) is 4.74 Å². The number of nitrogens with zero attached hydrogens (tertiary/aromatic N) is 1. The summed E-state index contributed by atoms with van der Waals surface area (Å²) >= 11 is 1.88. The first-order chi connectivity index (χ1) is 8.31. The van der Waals surface area contributed by atoms with Crippen LogP contribution < -0.4 is 10.1 Å². The molecule has 0 fully saturated rings. The molecule has 4 heteroatoms. The summed E-state index contributed by atoms with van der Waals surface area (Å²) in [6, 6.07) is 6.33. The van der Waals surface area contributed by atoms with Gasteiger partial charge in [0.05, 0.1) is 5.69 Å². The molecule has 0 radical (unpaired) electrons. The number of hydrogen-bond acceptors (Lipinski definition) is 4. The monoisotopic (exact) mass is 252 g/mol. The number of hydrogen-bond donors (Lipinski definition) is 1. The molecule has 0 saturated carbocycles. The van der Waals surface area contributed by atoms with Gasteiger partial charge in [0.15, 0.2) is 0 Å². The van der Waals surface area contributed by atoms with Crippen molar-refractivity contribution in [2.24, 2.45) is 0 Å². The van der Waals surface area contributed by atoms with Gasteiger partial charge < -0.3 is 15.0 Å². The van der Waals surface area contributed by atoms with Crippen molar-refractivity contribution >= 4 is 17.4 Å². The van der Waals surface area contributed by atoms with Gasteiger partial charge in [-0.05, 0) is 19.4 Å². The molecule has 1 aromatic rings. The molecule has 0 aromatic heterocycles. The number of rotatable bonds is 5. The fourth-order valence-corrected chi connectivity index (χ4v) is 2.47. The first-order valence-electron chi connectivity index (χ1n) is 5.97. The van der Waals surface area contributed by atoms with Crippen LogP contribution in [0.15, 0.2) is 18.2 Å². The molecule has 17 heavy (non-hydrogen) atoms. The highest BCUT2D eigenvalue weighted by atomic mass is 32.2. The Kier molecular flexibility index (Phi) is 4.57. The van der Waals surface area contributed by atoms with Crippen LogP contribution in [0.4, 0.5) is 5.69 Å². The average Bonchev–Trinajstić information content (AvgIpc) is 2.37. The summed E-state index contributed by atoms with van der Waals surface area (Å²) in [4.78, 5) is 2.34. The molecule has 94 valence electrons. The molecule has 3 nitrogen and oxygen atoms in total. The lowest BCUT2D eigenvalue weighted by Gasteiger charge is -2.24. The summed E-state index contributed by atoms with van der Waals surface area (Å²) in [5, 5.41) is 3.37. The zero-order valence-electron chi connectivity index (χ0n) is 10.5. The van der Waals surface area contributed by atoms with Crippen LogP contribution >= 0.6 is 11.8 Å². The van der Waals surface area contributed by atoms with E-state index in [1.165, 1.54) is 11.3 Å². The number of anilines is 1. The van der Waals surface area contributed by atoms with Gasteiger partial charge in [-0.15, -0.1) is 0 Å². The molecule has 1 N–H and O–H groups in total. The molecule has 1 heterocycles. The number of para-hydroxylation sites is 1. The lowest BCUT2D eigenvalue weighted by molar-refractivity contribution is 0.302. The van der Waals surface area contributed by atoms with E-state index < -0.39 is 0 Å². The van der Waals surface area contributed by atoms with Gasteiger partial charge in [-0.25, -0.2) is 0 Å². The summed E-state index contributed by atoms with van der Waals surface area (Å²) in [5.41, 5.74) is 2.41. The molecule has 2 rings (SSSR count). The molecule has 0 aliphatic carbocycles. The molecular weight excluding hydrogens is 232 g/mol. The molecule has 0 spiro atoms. The normalized spacial score (nSPS) is 14.1. The van der Waals surface area contributed by atoms with Gasteiger partial charge in [0.1, 0.15) is 12.4 Å². The summed E-state index contributed by atoms with van der Waals surface area (Å²) in [6.07, 6.45) is 2.14. The Balaban J connectivity index is 2.05. The average molecular weight is 252 g/mol. The fourth-order valence-electron chi connectivity index (χ4n) is 1.97. The van der Waals surface area contributed by atoms with Gasteiger partial charge in [0.25, 0.3) is 0 Å². The minimum absolute atomic E-state index is 0.762. The Morgan fingerprint density at radius 2 is 2.35 bits per heavy atom. The molecule has 1 aliphatic heterocycles. The van der Waals surface area contributed by atoms with Crippen molar-refractivity contribution in [3.05, 3.63) is 23.8 Å². The Morgan fingerprint density at radius 3 is 3.18 bits per heavy atom. The smallest absolute Gasteiger partial charge is 0.146 e. The Bertz CT molecular complexity index is 370. The standard InChI is InChI=1S/C13H20N2OS/c1-15(7-9-17-2)10-11-4-3-5-12-13(11)16-8-6-14-12/h3-5,14H,6-10H2,1-2H3. The van der Waals surface area contributed by atoms with Gasteiger partial charge in [-0.1, -0.05) is 12.1 Å². The minimum Gasteiger partial charge on any atom is -0.489 e. The highest BCUT2D eigenvalue weighted by molar-refractivity contribution is 7.98. The molecular formula is C13H20N2OS. The maximum atomic E-state index is 5.77. The van der Waals surface area contributed by atoms with Crippen LogP contribution in [0.3, 0.4) is 0 Å². The van der Waals surface area contributed by atoms with E-state index >= 15 is 0 Å². The van der Waals surface area contributed by atoms with Crippen molar-refractivity contribution in [2.75, 3.05) is 44.1 Å². The Hall–Kier alpha value is -0.870. The van der Waals surface area contributed by atoms with Crippen molar-refractivity contribution in [1.82, 2.24) is 4.90 Å². The van der Waals surface area contributed by atoms with E-state index in [1.54, 1.807) is 0 Å². The summed E-state index contributed by atoms with van der Waals surface area (Å²) < 4.78 is 5.77. The van der Waals surface area contributed by atoms with Crippen molar-refractivity contribution in [1.29, 1.82) is 0 Å². The fraction of sp³-hybridized carbons (Fsp3) is 0.538. The summed E-state index contributed by atoms with van der Waals surface area (Å²) in [6.45, 7) is 3.72. The molecule has 1 aromatic carbocycles. The molecule has 1 aliphatic rings. The van der Waals surface area contributed by atoms with Gasteiger partial charge >= 0.3 is 0 Å². The first-order valence-corrected chi connectivity index (χ1v) is 7.36. The number of fused-ring (bicyclic) bond motifs is 1. The second kappa shape index (κ2) is 6.17. The van der Waals surface area contributed by atoms with Crippen LogP contribution in [-0.2, 0) is 6.54 Å². The van der Waals surface area contributed by atoms with E-state index in [0.717, 1.165) is 37.7 Å². The maximum Gasteiger partial charge on any atom is 0.146 e. The van der Waals surface area contributed by atoms with Gasteiger partial charge in [-0.2, -0.15) is 11.8 Å². The van der Waals surface area contributed by atoms with Crippen LogP contribution in [0.1, 0.15) is 5.56 Å². The second-order valence-electron chi connectivity index (χ2n) is 4.30. The molecule has 0 saturated heterocycles. The lowest BCUT2D eigenvalue weighted by atomic mass is 10.1. The van der Waals surface area contributed by atoms with Gasteiger partial charge in [0, 0.05) is 31.0 Å². The van der Waals surface area contributed by atoms with Crippen LogP contribution in [-0.4, -0.2) is 43.7 Å². The van der Waals surface area contributed by atoms with E-state index in [0.29, 0.717) is 0 Å². The van der Waals surface area contributed by atoms with E-state index in [2.05, 4.69) is 41.7 Å². The van der Waals surface area contributed by atoms with Crippen molar-refractivity contribution < 1.29 is 4.74 Å². The lowest BCUT2D eigenvalue weighted by Crippen LogP contribution is -2.23. The zero-order valence-corrected chi connectivity index (χ0v) is 11.3. The SMILES string of the molecule is CSCCN(C)Cc1cccc2c1OCCN2. The molecule has 0 unspecified atom stereocenters. The maximum absolute atomic E-state index is 5.77. The number of nitrogens with one attached hydrogen (secondary N) is 1. The van der Waals surface area contributed by atoms with Crippen LogP contribution in [0, 0.1) is 0 Å². The van der Waals surface area contributed by atoms with Crippen molar-refractivity contribution in [3.63, 3.8) is 0 Å². The van der Waals surface area contributed by atoms with Gasteiger partial charge in [-0.3, -0.25) is 0 Å². The molecule has 0 atom stereocenters. The van der Waals surface area contributed by atoms with Crippen LogP contribution in [0.5, 0.6) is 5.75 Å². The molecule has 0 bridgehead atoms. The predicted octanol–water partition coefficient (Wildman–Crippen LogP) is 2.29. The third-order valence-corrected chi connectivity index (χ3v) is 3.47. The third-order valence-electron chi connectivity index (χ3n) is 2.88. The van der Waals surface area contributed by atoms with Crippen molar-refractivity contribution in [2.45, 2.75) is 6.54 Å². The Labute approximate surface area is 108 Å². The number of ether oxygens (including phenoxy) is 1. The zero-order chi connectivity index (χ0) is 12.1. The Morgan fingerprint density at radius 1 is 1.47 bits per heavy atom. The third kappa shape index (κ3) is 3.30. The van der Waals surface area contributed by atoms with Gasteiger partial charge in [0.2, 0.25) is 0 Å². The highest BCUT2D eigenvalue weighted by Gasteiger charge is 2.14. The van der Waals surface area contributed by atoms with E-state index in [9.17, 15) is 0 Å². The first kappa shape index (κ1) is 12.6. The molecule has 0 amide bonds. The van der Waals surface area contributed by atoms with Crippen molar-refractivity contribution in [3.8, 4) is 5.75 Å². The van der Waals surface area contributed by atoms with Crippen LogP contribution in [0.25, 0.3) is 0 Å². The number of thioether (sulfide) groups is 1. The largest absolute Gasteiger partial charge is 0.489 e. The second-order valence-corrected chi connectivity index (χ2v) is 5.29.